The number of aliphatic hydroxyl groups excluding tert-OH is 1. The number of aliphatic hydroxyl groups is 1. The minimum atomic E-state index is -0.868. The minimum absolute atomic E-state index is 0.111. The molecule has 3 nitrogen and oxygen atoms in total. The minimum Gasteiger partial charge on any atom is -0.382 e. The van der Waals surface area contributed by atoms with Crippen LogP contribution in [0.25, 0.3) is 0 Å². The molecule has 0 radical (unpaired) electrons. The smallest absolute Gasteiger partial charge is 0.122 e. The third-order valence-electron chi connectivity index (χ3n) is 2.74. The second kappa shape index (κ2) is 5.83. The molecule has 0 saturated heterocycles. The Bertz CT molecular complexity index is 578. The molecule has 0 aliphatic rings. The van der Waals surface area contributed by atoms with Gasteiger partial charge in [0, 0.05) is 15.5 Å². The molecule has 1 unspecified atom stereocenters. The van der Waals surface area contributed by atoms with E-state index in [9.17, 15) is 5.11 Å². The van der Waals surface area contributed by atoms with E-state index in [1.165, 1.54) is 0 Å². The van der Waals surface area contributed by atoms with Crippen LogP contribution in [0.4, 0.5) is 0 Å². The highest BCUT2D eigenvalue weighted by Crippen LogP contribution is 2.32. The van der Waals surface area contributed by atoms with Crippen LogP contribution in [0.1, 0.15) is 37.3 Å². The van der Waals surface area contributed by atoms with Crippen LogP contribution in [0.2, 0.25) is 10.0 Å². The van der Waals surface area contributed by atoms with Crippen LogP contribution < -0.4 is 0 Å². The fraction of sp³-hybridized carbons (Fsp3) is 0.308. The van der Waals surface area contributed by atoms with Gasteiger partial charge in [-0.1, -0.05) is 39.1 Å². The Kier molecular flexibility index (Phi) is 4.56. The monoisotopic (exact) mass is 362 g/mol. The predicted molar refractivity (Wildman–Crippen MR) is 80.8 cm³/mol. The Balaban J connectivity index is 2.49. The second-order valence-electron chi connectivity index (χ2n) is 4.52. The van der Waals surface area contributed by atoms with Gasteiger partial charge in [0.15, 0.2) is 0 Å². The summed E-state index contributed by atoms with van der Waals surface area (Å²) in [6.45, 7) is 3.96. The Hall–Kier alpha value is -0.550. The molecule has 1 atom stereocenters. The largest absolute Gasteiger partial charge is 0.382 e. The summed E-state index contributed by atoms with van der Waals surface area (Å²) in [4.78, 5) is 0. The molecule has 1 heterocycles. The lowest BCUT2D eigenvalue weighted by atomic mass is 10.1. The molecule has 0 saturated carbocycles. The number of halogens is 3. The van der Waals surface area contributed by atoms with Crippen molar-refractivity contribution in [1.82, 2.24) is 9.78 Å². The van der Waals surface area contributed by atoms with E-state index < -0.39 is 6.10 Å². The van der Waals surface area contributed by atoms with Gasteiger partial charge in [0.1, 0.15) is 6.10 Å². The lowest BCUT2D eigenvalue weighted by molar-refractivity contribution is 0.205. The molecule has 0 fully saturated rings. The maximum Gasteiger partial charge on any atom is 0.122 e. The molecule has 2 aromatic rings. The first-order valence-corrected chi connectivity index (χ1v) is 7.32. The number of benzene rings is 1. The van der Waals surface area contributed by atoms with Gasteiger partial charge in [-0.25, -0.2) is 0 Å². The van der Waals surface area contributed by atoms with E-state index in [-0.39, 0.29) is 6.04 Å². The van der Waals surface area contributed by atoms with Crippen molar-refractivity contribution in [1.29, 1.82) is 0 Å². The average Bonchev–Trinajstić information content (AvgIpc) is 2.69. The summed E-state index contributed by atoms with van der Waals surface area (Å²) in [5.41, 5.74) is 1.24. The normalized spacial score (nSPS) is 13.0. The van der Waals surface area contributed by atoms with Gasteiger partial charge >= 0.3 is 0 Å². The molecule has 19 heavy (non-hydrogen) atoms. The topological polar surface area (TPSA) is 38.0 Å². The van der Waals surface area contributed by atoms with Crippen LogP contribution in [0.3, 0.4) is 0 Å². The first-order chi connectivity index (χ1) is 8.90. The molecule has 6 heteroatoms. The first-order valence-electron chi connectivity index (χ1n) is 5.77. The highest BCUT2D eigenvalue weighted by molar-refractivity contribution is 9.10. The molecular weight excluding hydrogens is 351 g/mol. The molecule has 0 amide bonds. The SMILES string of the molecule is CC(C)n1ncc(Cl)c1C(O)c1cc(Cl)cc(Br)c1. The first kappa shape index (κ1) is 14.9. The molecule has 1 N–H and O–H groups in total. The Morgan fingerprint density at radius 2 is 1.95 bits per heavy atom. The summed E-state index contributed by atoms with van der Waals surface area (Å²) >= 11 is 15.5. The maximum atomic E-state index is 10.5. The zero-order valence-corrected chi connectivity index (χ0v) is 13.5. The van der Waals surface area contributed by atoms with E-state index in [1.54, 1.807) is 23.0 Å². The van der Waals surface area contributed by atoms with Crippen molar-refractivity contribution < 1.29 is 5.11 Å². The third-order valence-corrected chi connectivity index (χ3v) is 3.70. The zero-order valence-electron chi connectivity index (χ0n) is 10.4. The fourth-order valence-corrected chi connectivity index (χ4v) is 3.03. The molecule has 2 rings (SSSR count). The van der Waals surface area contributed by atoms with Crippen LogP contribution in [-0.4, -0.2) is 14.9 Å². The van der Waals surface area contributed by atoms with Gasteiger partial charge < -0.3 is 5.11 Å². The van der Waals surface area contributed by atoms with Crippen LogP contribution in [0.15, 0.2) is 28.9 Å². The van der Waals surface area contributed by atoms with Crippen LogP contribution in [0.5, 0.6) is 0 Å². The summed E-state index contributed by atoms with van der Waals surface area (Å²) in [6.07, 6.45) is 0.673. The summed E-state index contributed by atoms with van der Waals surface area (Å²) in [5, 5.41) is 15.7. The van der Waals surface area contributed by atoms with Crippen LogP contribution in [0, 0.1) is 0 Å². The summed E-state index contributed by atoms with van der Waals surface area (Å²) in [7, 11) is 0. The quantitative estimate of drug-likeness (QED) is 0.864. The van der Waals surface area contributed by atoms with Gasteiger partial charge in [0.25, 0.3) is 0 Å². The van der Waals surface area contributed by atoms with E-state index in [0.717, 1.165) is 4.47 Å². The molecule has 102 valence electrons. The summed E-state index contributed by atoms with van der Waals surface area (Å²) in [5.74, 6) is 0. The Morgan fingerprint density at radius 1 is 1.26 bits per heavy atom. The van der Waals surface area contributed by atoms with Crippen molar-refractivity contribution in [3.05, 3.63) is 50.2 Å². The molecule has 1 aromatic carbocycles. The van der Waals surface area contributed by atoms with Gasteiger partial charge in [-0.3, -0.25) is 4.68 Å². The number of nitrogens with zero attached hydrogens (tertiary/aromatic N) is 2. The van der Waals surface area contributed by atoms with Crippen LogP contribution >= 0.6 is 39.1 Å². The van der Waals surface area contributed by atoms with Gasteiger partial charge in [-0.15, -0.1) is 0 Å². The van der Waals surface area contributed by atoms with Crippen LogP contribution in [-0.2, 0) is 0 Å². The molecule has 1 aromatic heterocycles. The predicted octanol–water partition coefficient (Wildman–Crippen LogP) is 4.62. The molecular formula is C13H13BrCl2N2O. The van der Waals surface area contributed by atoms with Crippen molar-refractivity contribution in [2.24, 2.45) is 0 Å². The van der Waals surface area contributed by atoms with Crippen molar-refractivity contribution in [2.45, 2.75) is 26.0 Å². The molecule has 0 bridgehead atoms. The average molecular weight is 364 g/mol. The fourth-order valence-electron chi connectivity index (χ4n) is 1.91. The second-order valence-corrected chi connectivity index (χ2v) is 6.28. The third kappa shape index (κ3) is 3.14. The van der Waals surface area contributed by atoms with Gasteiger partial charge in [-0.05, 0) is 37.6 Å². The Labute approximate surface area is 130 Å². The van der Waals surface area contributed by atoms with E-state index in [1.807, 2.05) is 19.9 Å². The molecule has 0 aliphatic carbocycles. The van der Waals surface area contributed by atoms with Gasteiger partial charge in [-0.2, -0.15) is 5.10 Å². The standard InChI is InChI=1S/C13H13BrCl2N2O/c1-7(2)18-12(11(16)6-17-18)13(19)8-3-9(14)5-10(15)4-8/h3-7,13,19H,1-2H3. The van der Waals surface area contributed by atoms with Crippen molar-refractivity contribution in [3.8, 4) is 0 Å². The van der Waals surface area contributed by atoms with E-state index >= 15 is 0 Å². The number of aromatic nitrogens is 2. The number of hydrogen-bond acceptors (Lipinski definition) is 2. The van der Waals surface area contributed by atoms with E-state index in [2.05, 4.69) is 21.0 Å². The highest BCUT2D eigenvalue weighted by Gasteiger charge is 2.21. The molecule has 0 spiro atoms. The van der Waals surface area contributed by atoms with Gasteiger partial charge in [0.05, 0.1) is 16.9 Å². The number of hydrogen-bond donors (Lipinski definition) is 1. The number of rotatable bonds is 3. The van der Waals surface area contributed by atoms with E-state index in [4.69, 9.17) is 23.2 Å². The van der Waals surface area contributed by atoms with Crippen molar-refractivity contribution in [3.63, 3.8) is 0 Å². The molecule has 0 aliphatic heterocycles. The van der Waals surface area contributed by atoms with Gasteiger partial charge in [0.2, 0.25) is 0 Å². The lowest BCUT2D eigenvalue weighted by Crippen LogP contribution is -2.12. The zero-order chi connectivity index (χ0) is 14.2. The summed E-state index contributed by atoms with van der Waals surface area (Å²) in [6, 6.07) is 5.40. The highest BCUT2D eigenvalue weighted by atomic mass is 79.9. The Morgan fingerprint density at radius 3 is 2.53 bits per heavy atom. The van der Waals surface area contributed by atoms with Crippen molar-refractivity contribution >= 4 is 39.1 Å². The van der Waals surface area contributed by atoms with E-state index in [0.29, 0.717) is 21.3 Å². The lowest BCUT2D eigenvalue weighted by Gasteiger charge is -2.17. The summed E-state index contributed by atoms with van der Waals surface area (Å²) < 4.78 is 2.52. The van der Waals surface area contributed by atoms with Crippen molar-refractivity contribution in [2.75, 3.05) is 0 Å². The maximum absolute atomic E-state index is 10.5.